The lowest BCUT2D eigenvalue weighted by Gasteiger charge is -2.09. The van der Waals surface area contributed by atoms with Crippen LogP contribution in [0.25, 0.3) is 0 Å². The van der Waals surface area contributed by atoms with E-state index in [4.69, 9.17) is 11.6 Å². The number of hydrogen-bond acceptors (Lipinski definition) is 3. The summed E-state index contributed by atoms with van der Waals surface area (Å²) in [7, 11) is 0. The van der Waals surface area contributed by atoms with Crippen molar-refractivity contribution in [1.82, 2.24) is 0 Å². The molecule has 6 heteroatoms. The van der Waals surface area contributed by atoms with Crippen LogP contribution in [0.3, 0.4) is 0 Å². The number of para-hydroxylation sites is 1. The minimum atomic E-state index is -0.141. The number of carbonyl (C=O) groups is 2. The fourth-order valence-corrected chi connectivity index (χ4v) is 3.44. The van der Waals surface area contributed by atoms with Crippen molar-refractivity contribution in [2.45, 2.75) is 11.8 Å². The SMILES string of the molecule is Cc1ccccc1C(=O)Nc1ccc(SCC(=O)Nc2ccccc2Cl)cc1. The molecule has 3 rings (SSSR count). The van der Waals surface area contributed by atoms with Crippen molar-refractivity contribution in [3.05, 3.63) is 88.9 Å². The molecule has 0 saturated carbocycles. The first-order valence-corrected chi connectivity index (χ1v) is 10.0. The highest BCUT2D eigenvalue weighted by atomic mass is 35.5. The largest absolute Gasteiger partial charge is 0.324 e. The Morgan fingerprint density at radius 3 is 2.29 bits per heavy atom. The molecule has 0 radical (unpaired) electrons. The van der Waals surface area contributed by atoms with Gasteiger partial charge in [-0.1, -0.05) is 41.9 Å². The first-order valence-electron chi connectivity index (χ1n) is 8.67. The second kappa shape index (κ2) is 9.44. The molecule has 0 fully saturated rings. The highest BCUT2D eigenvalue weighted by Crippen LogP contribution is 2.23. The highest BCUT2D eigenvalue weighted by Gasteiger charge is 2.09. The molecule has 0 aliphatic rings. The zero-order valence-electron chi connectivity index (χ0n) is 15.2. The number of thioether (sulfide) groups is 1. The van der Waals surface area contributed by atoms with E-state index in [2.05, 4.69) is 10.6 Å². The zero-order valence-corrected chi connectivity index (χ0v) is 16.8. The smallest absolute Gasteiger partial charge is 0.255 e. The van der Waals surface area contributed by atoms with E-state index >= 15 is 0 Å². The van der Waals surface area contributed by atoms with Crippen molar-refractivity contribution < 1.29 is 9.59 Å². The van der Waals surface area contributed by atoms with Gasteiger partial charge in [-0.2, -0.15) is 0 Å². The maximum absolute atomic E-state index is 12.4. The Morgan fingerprint density at radius 2 is 1.57 bits per heavy atom. The summed E-state index contributed by atoms with van der Waals surface area (Å²) < 4.78 is 0. The third-order valence-electron chi connectivity index (χ3n) is 4.02. The summed E-state index contributed by atoms with van der Waals surface area (Å²) in [4.78, 5) is 25.4. The van der Waals surface area contributed by atoms with Crippen molar-refractivity contribution in [3.63, 3.8) is 0 Å². The van der Waals surface area contributed by atoms with Crippen molar-refractivity contribution >= 4 is 46.6 Å². The molecule has 3 aromatic carbocycles. The molecule has 0 bridgehead atoms. The Kier molecular flexibility index (Phi) is 6.74. The molecule has 3 aromatic rings. The van der Waals surface area contributed by atoms with Gasteiger partial charge in [0.05, 0.1) is 16.5 Å². The van der Waals surface area contributed by atoms with Gasteiger partial charge in [0.15, 0.2) is 0 Å². The normalized spacial score (nSPS) is 10.4. The lowest BCUT2D eigenvalue weighted by Crippen LogP contribution is -2.14. The van der Waals surface area contributed by atoms with Gasteiger partial charge in [-0.3, -0.25) is 9.59 Å². The number of benzene rings is 3. The quantitative estimate of drug-likeness (QED) is 0.517. The van der Waals surface area contributed by atoms with Gasteiger partial charge in [-0.15, -0.1) is 11.8 Å². The van der Waals surface area contributed by atoms with Gasteiger partial charge in [-0.05, 0) is 55.0 Å². The molecular weight excluding hydrogens is 392 g/mol. The van der Waals surface area contributed by atoms with Gasteiger partial charge in [-0.25, -0.2) is 0 Å². The van der Waals surface area contributed by atoms with E-state index in [0.717, 1.165) is 10.5 Å². The van der Waals surface area contributed by atoms with Crippen molar-refractivity contribution in [2.75, 3.05) is 16.4 Å². The first kappa shape index (κ1) is 20.0. The van der Waals surface area contributed by atoms with Gasteiger partial charge < -0.3 is 10.6 Å². The molecule has 4 nitrogen and oxygen atoms in total. The second-order valence-electron chi connectivity index (χ2n) is 6.11. The third-order valence-corrected chi connectivity index (χ3v) is 5.36. The van der Waals surface area contributed by atoms with Crippen LogP contribution in [0.2, 0.25) is 5.02 Å². The van der Waals surface area contributed by atoms with Crippen LogP contribution in [0.1, 0.15) is 15.9 Å². The fraction of sp³-hybridized carbons (Fsp3) is 0.0909. The van der Waals surface area contributed by atoms with Crippen molar-refractivity contribution in [2.24, 2.45) is 0 Å². The lowest BCUT2D eigenvalue weighted by molar-refractivity contribution is -0.113. The van der Waals surface area contributed by atoms with Crippen LogP contribution in [0.4, 0.5) is 11.4 Å². The predicted octanol–water partition coefficient (Wildman–Crippen LogP) is 5.63. The number of nitrogens with one attached hydrogen (secondary N) is 2. The molecule has 2 amide bonds. The van der Waals surface area contributed by atoms with E-state index in [1.807, 2.05) is 61.5 Å². The monoisotopic (exact) mass is 410 g/mol. The summed E-state index contributed by atoms with van der Waals surface area (Å²) in [5.74, 6) is -0.00667. The lowest BCUT2D eigenvalue weighted by atomic mass is 10.1. The molecule has 0 unspecified atom stereocenters. The van der Waals surface area contributed by atoms with Crippen LogP contribution in [0.5, 0.6) is 0 Å². The summed E-state index contributed by atoms with van der Waals surface area (Å²) in [6, 6.07) is 22.0. The van der Waals surface area contributed by atoms with Gasteiger partial charge in [0.25, 0.3) is 5.91 Å². The number of amides is 2. The van der Waals surface area contributed by atoms with Crippen LogP contribution < -0.4 is 10.6 Å². The summed E-state index contributed by atoms with van der Waals surface area (Å²) in [6.07, 6.45) is 0. The van der Waals surface area contributed by atoms with E-state index in [1.54, 1.807) is 18.2 Å². The maximum Gasteiger partial charge on any atom is 0.255 e. The number of carbonyl (C=O) groups excluding carboxylic acids is 2. The Labute approximate surface area is 173 Å². The highest BCUT2D eigenvalue weighted by molar-refractivity contribution is 8.00. The molecule has 0 saturated heterocycles. The van der Waals surface area contributed by atoms with Crippen LogP contribution in [0.15, 0.2) is 77.7 Å². The topological polar surface area (TPSA) is 58.2 Å². The molecular formula is C22H19ClN2O2S. The molecule has 0 spiro atoms. The van der Waals surface area contributed by atoms with E-state index < -0.39 is 0 Å². The molecule has 2 N–H and O–H groups in total. The number of anilines is 2. The van der Waals surface area contributed by atoms with Crippen LogP contribution in [-0.4, -0.2) is 17.6 Å². The minimum Gasteiger partial charge on any atom is -0.324 e. The third kappa shape index (κ3) is 5.38. The number of halogens is 1. The molecule has 0 atom stereocenters. The predicted molar refractivity (Wildman–Crippen MR) is 116 cm³/mol. The van der Waals surface area contributed by atoms with Gasteiger partial charge in [0, 0.05) is 16.1 Å². The summed E-state index contributed by atoms with van der Waals surface area (Å²) in [6.45, 7) is 1.91. The van der Waals surface area contributed by atoms with Crippen LogP contribution in [0, 0.1) is 6.92 Å². The average Bonchev–Trinajstić information content (AvgIpc) is 2.69. The van der Waals surface area contributed by atoms with Crippen molar-refractivity contribution in [1.29, 1.82) is 0 Å². The molecule has 0 aliphatic heterocycles. The Hall–Kier alpha value is -2.76. The maximum atomic E-state index is 12.4. The molecule has 0 heterocycles. The van der Waals surface area contributed by atoms with Gasteiger partial charge in [0.1, 0.15) is 0 Å². The molecule has 0 aliphatic carbocycles. The zero-order chi connectivity index (χ0) is 19.9. The molecule has 28 heavy (non-hydrogen) atoms. The van der Waals surface area contributed by atoms with Gasteiger partial charge in [0.2, 0.25) is 5.91 Å². The second-order valence-corrected chi connectivity index (χ2v) is 7.57. The first-order chi connectivity index (χ1) is 13.5. The van der Waals surface area contributed by atoms with E-state index in [-0.39, 0.29) is 17.6 Å². The summed E-state index contributed by atoms with van der Waals surface area (Å²) in [5.41, 5.74) is 2.89. The fourth-order valence-electron chi connectivity index (χ4n) is 2.56. The molecule has 142 valence electrons. The van der Waals surface area contributed by atoms with E-state index in [1.165, 1.54) is 11.8 Å². The van der Waals surface area contributed by atoms with Gasteiger partial charge >= 0.3 is 0 Å². The van der Waals surface area contributed by atoms with Crippen molar-refractivity contribution in [3.8, 4) is 0 Å². The summed E-state index contributed by atoms with van der Waals surface area (Å²) >= 11 is 7.45. The number of rotatable bonds is 6. The summed E-state index contributed by atoms with van der Waals surface area (Å²) in [5, 5.41) is 6.19. The van der Waals surface area contributed by atoms with Crippen LogP contribution in [-0.2, 0) is 4.79 Å². The van der Waals surface area contributed by atoms with Crippen LogP contribution >= 0.6 is 23.4 Å². The minimum absolute atomic E-state index is 0.130. The molecule has 0 aromatic heterocycles. The van der Waals surface area contributed by atoms with E-state index in [0.29, 0.717) is 22.0 Å². The standard InChI is InChI=1S/C22H19ClN2O2S/c1-15-6-2-3-7-18(15)22(27)24-16-10-12-17(13-11-16)28-14-21(26)25-20-9-5-4-8-19(20)23/h2-13H,14H2,1H3,(H,24,27)(H,25,26). The van der Waals surface area contributed by atoms with E-state index in [9.17, 15) is 9.59 Å². The average molecular weight is 411 g/mol. The Bertz CT molecular complexity index is 990. The Balaban J connectivity index is 1.53. The number of aryl methyl sites for hydroxylation is 1. The Morgan fingerprint density at radius 1 is 0.893 bits per heavy atom. The number of hydrogen-bond donors (Lipinski definition) is 2.